The molecular formula is C12H10N6O. The number of nitrogens with one attached hydrogen (secondary N) is 1. The van der Waals surface area contributed by atoms with Gasteiger partial charge in [-0.15, -0.1) is 0 Å². The van der Waals surface area contributed by atoms with Crippen LogP contribution in [0.3, 0.4) is 0 Å². The largest absolute Gasteiger partial charge is 0.332 e. The van der Waals surface area contributed by atoms with Gasteiger partial charge in [-0.25, -0.2) is 4.98 Å². The standard InChI is InChI=1S/C12H10N6O/c1-2-7(1)8-5-9(17-16-8)12-15-11(18-19-12)10-6-13-3-4-14-10/h3-7H,1-2H2,(H,16,17). The van der Waals surface area contributed by atoms with Crippen LogP contribution in [-0.2, 0) is 0 Å². The third kappa shape index (κ3) is 1.88. The first-order valence-electron chi connectivity index (χ1n) is 6.06. The normalized spacial score (nSPS) is 14.7. The fourth-order valence-electron chi connectivity index (χ4n) is 1.90. The second-order valence-corrected chi connectivity index (χ2v) is 4.50. The second-order valence-electron chi connectivity index (χ2n) is 4.50. The van der Waals surface area contributed by atoms with E-state index in [-0.39, 0.29) is 0 Å². The van der Waals surface area contributed by atoms with E-state index in [2.05, 4.69) is 30.3 Å². The van der Waals surface area contributed by atoms with E-state index in [0.29, 0.717) is 29.0 Å². The van der Waals surface area contributed by atoms with Crippen LogP contribution in [0.5, 0.6) is 0 Å². The van der Waals surface area contributed by atoms with Gasteiger partial charge in [0.2, 0.25) is 5.82 Å². The van der Waals surface area contributed by atoms with Crippen molar-refractivity contribution in [3.63, 3.8) is 0 Å². The van der Waals surface area contributed by atoms with Crippen LogP contribution >= 0.6 is 0 Å². The molecular weight excluding hydrogens is 244 g/mol. The quantitative estimate of drug-likeness (QED) is 0.765. The Kier molecular flexibility index (Phi) is 2.17. The van der Waals surface area contributed by atoms with Crippen molar-refractivity contribution in [2.45, 2.75) is 18.8 Å². The molecule has 0 bridgehead atoms. The Hall–Kier alpha value is -2.57. The van der Waals surface area contributed by atoms with Crippen LogP contribution in [-0.4, -0.2) is 30.3 Å². The molecule has 1 aliphatic carbocycles. The van der Waals surface area contributed by atoms with Crippen molar-refractivity contribution in [2.75, 3.05) is 0 Å². The summed E-state index contributed by atoms with van der Waals surface area (Å²) in [7, 11) is 0. The zero-order valence-corrected chi connectivity index (χ0v) is 9.95. The third-order valence-corrected chi connectivity index (χ3v) is 3.05. The molecule has 0 atom stereocenters. The average molecular weight is 254 g/mol. The Bertz CT molecular complexity index is 700. The summed E-state index contributed by atoms with van der Waals surface area (Å²) in [6.07, 6.45) is 7.21. The SMILES string of the molecule is c1cnc(-c2noc(-c3cc(C4CC4)[nH]n3)n2)cn1. The molecule has 1 fully saturated rings. The van der Waals surface area contributed by atoms with Crippen molar-refractivity contribution >= 4 is 0 Å². The van der Waals surface area contributed by atoms with Crippen molar-refractivity contribution < 1.29 is 4.52 Å². The van der Waals surface area contributed by atoms with Crippen molar-refractivity contribution in [1.82, 2.24) is 30.3 Å². The molecule has 1 saturated carbocycles. The summed E-state index contributed by atoms with van der Waals surface area (Å²) in [5, 5.41) is 11.1. The fourth-order valence-corrected chi connectivity index (χ4v) is 1.90. The summed E-state index contributed by atoms with van der Waals surface area (Å²) in [5.41, 5.74) is 2.38. The first-order valence-corrected chi connectivity index (χ1v) is 6.06. The van der Waals surface area contributed by atoms with Gasteiger partial charge in [-0.2, -0.15) is 10.1 Å². The van der Waals surface area contributed by atoms with E-state index in [1.54, 1.807) is 18.6 Å². The van der Waals surface area contributed by atoms with Crippen molar-refractivity contribution in [2.24, 2.45) is 0 Å². The predicted octanol–water partition coefficient (Wildman–Crippen LogP) is 1.79. The van der Waals surface area contributed by atoms with Crippen LogP contribution in [0.1, 0.15) is 24.5 Å². The van der Waals surface area contributed by atoms with Crippen LogP contribution < -0.4 is 0 Å². The molecule has 4 rings (SSSR count). The molecule has 0 amide bonds. The highest BCUT2D eigenvalue weighted by molar-refractivity contribution is 5.53. The molecule has 3 heterocycles. The van der Waals surface area contributed by atoms with Crippen molar-refractivity contribution in [3.05, 3.63) is 30.4 Å². The van der Waals surface area contributed by atoms with Crippen LogP contribution in [0.2, 0.25) is 0 Å². The van der Waals surface area contributed by atoms with E-state index in [0.717, 1.165) is 5.69 Å². The Labute approximate surface area is 108 Å². The summed E-state index contributed by atoms with van der Waals surface area (Å²) in [5.74, 6) is 1.42. The minimum Gasteiger partial charge on any atom is -0.332 e. The van der Waals surface area contributed by atoms with E-state index in [1.165, 1.54) is 12.8 Å². The van der Waals surface area contributed by atoms with Gasteiger partial charge in [0.15, 0.2) is 5.69 Å². The molecule has 94 valence electrons. The average Bonchev–Trinajstić information content (AvgIpc) is 3.01. The Morgan fingerprint density at radius 3 is 2.95 bits per heavy atom. The predicted molar refractivity (Wildman–Crippen MR) is 64.9 cm³/mol. The second kappa shape index (κ2) is 3.98. The molecule has 0 aliphatic heterocycles. The van der Waals surface area contributed by atoms with Gasteiger partial charge >= 0.3 is 0 Å². The molecule has 0 unspecified atom stereocenters. The topological polar surface area (TPSA) is 93.4 Å². The lowest BCUT2D eigenvalue weighted by Crippen LogP contribution is -1.86. The van der Waals surface area contributed by atoms with Crippen molar-refractivity contribution in [3.8, 4) is 23.1 Å². The molecule has 1 N–H and O–H groups in total. The van der Waals surface area contributed by atoms with Crippen LogP contribution in [0.25, 0.3) is 23.1 Å². The maximum Gasteiger partial charge on any atom is 0.278 e. The molecule has 3 aromatic rings. The number of H-pyrrole nitrogens is 1. The summed E-state index contributed by atoms with van der Waals surface area (Å²) >= 11 is 0. The Morgan fingerprint density at radius 2 is 2.16 bits per heavy atom. The molecule has 7 nitrogen and oxygen atoms in total. The van der Waals surface area contributed by atoms with Gasteiger partial charge in [-0.1, -0.05) is 5.16 Å². The Balaban J connectivity index is 1.66. The molecule has 7 heteroatoms. The molecule has 3 aromatic heterocycles. The minimum absolute atomic E-state index is 0.392. The van der Waals surface area contributed by atoms with Crippen LogP contribution in [0.4, 0.5) is 0 Å². The van der Waals surface area contributed by atoms with Gasteiger partial charge in [0.05, 0.1) is 6.20 Å². The summed E-state index contributed by atoms with van der Waals surface area (Å²) < 4.78 is 5.21. The first-order chi connectivity index (χ1) is 9.40. The van der Waals surface area contributed by atoms with E-state index in [1.807, 2.05) is 6.07 Å². The highest BCUT2D eigenvalue weighted by Crippen LogP contribution is 2.39. The monoisotopic (exact) mass is 254 g/mol. The maximum atomic E-state index is 5.21. The smallest absolute Gasteiger partial charge is 0.278 e. The maximum absolute atomic E-state index is 5.21. The van der Waals surface area contributed by atoms with Gasteiger partial charge in [-0.3, -0.25) is 10.1 Å². The summed E-state index contributed by atoms with van der Waals surface area (Å²) in [4.78, 5) is 12.4. The number of aromatic nitrogens is 6. The number of hydrogen-bond acceptors (Lipinski definition) is 6. The minimum atomic E-state index is 0.392. The lowest BCUT2D eigenvalue weighted by atomic mass is 10.3. The molecule has 0 spiro atoms. The molecule has 0 radical (unpaired) electrons. The number of nitrogens with zero attached hydrogens (tertiary/aromatic N) is 5. The zero-order chi connectivity index (χ0) is 12.7. The van der Waals surface area contributed by atoms with Gasteiger partial charge in [0.25, 0.3) is 5.89 Å². The summed E-state index contributed by atoms with van der Waals surface area (Å²) in [6, 6.07) is 1.96. The summed E-state index contributed by atoms with van der Waals surface area (Å²) in [6.45, 7) is 0. The molecule has 19 heavy (non-hydrogen) atoms. The van der Waals surface area contributed by atoms with Gasteiger partial charge in [0, 0.05) is 24.0 Å². The molecule has 0 aromatic carbocycles. The van der Waals surface area contributed by atoms with Crippen LogP contribution in [0.15, 0.2) is 29.2 Å². The number of hydrogen-bond donors (Lipinski definition) is 1. The van der Waals surface area contributed by atoms with E-state index < -0.39 is 0 Å². The third-order valence-electron chi connectivity index (χ3n) is 3.05. The first kappa shape index (κ1) is 10.4. The highest BCUT2D eigenvalue weighted by atomic mass is 16.5. The number of aromatic amines is 1. The lowest BCUT2D eigenvalue weighted by molar-refractivity contribution is 0.430. The van der Waals surface area contributed by atoms with Crippen LogP contribution in [0, 0.1) is 0 Å². The highest BCUT2D eigenvalue weighted by Gasteiger charge is 2.26. The Morgan fingerprint density at radius 1 is 1.21 bits per heavy atom. The molecule has 1 aliphatic rings. The lowest BCUT2D eigenvalue weighted by Gasteiger charge is -1.88. The molecule has 0 saturated heterocycles. The van der Waals surface area contributed by atoms with Gasteiger partial charge < -0.3 is 4.52 Å². The van der Waals surface area contributed by atoms with E-state index >= 15 is 0 Å². The van der Waals surface area contributed by atoms with Gasteiger partial charge in [0.1, 0.15) is 5.69 Å². The zero-order valence-electron chi connectivity index (χ0n) is 9.95. The van der Waals surface area contributed by atoms with Gasteiger partial charge in [-0.05, 0) is 18.9 Å². The fraction of sp³-hybridized carbons (Fsp3) is 0.250. The van der Waals surface area contributed by atoms with E-state index in [9.17, 15) is 0 Å². The van der Waals surface area contributed by atoms with E-state index in [4.69, 9.17) is 4.52 Å². The van der Waals surface area contributed by atoms with Crippen molar-refractivity contribution in [1.29, 1.82) is 0 Å². The number of rotatable bonds is 3.